The smallest absolute Gasteiger partial charge is 0.311 e. The van der Waals surface area contributed by atoms with E-state index >= 15 is 0 Å². The third-order valence-electron chi connectivity index (χ3n) is 18.7. The molecule has 5 atom stereocenters. The average Bonchev–Trinajstić information content (AvgIpc) is 1.51. The van der Waals surface area contributed by atoms with Crippen molar-refractivity contribution in [3.05, 3.63) is 59.7 Å². The third kappa shape index (κ3) is 26.0. The summed E-state index contributed by atoms with van der Waals surface area (Å²) >= 11 is 0. The molecular weight excluding hydrogens is 1180 g/mol. The van der Waals surface area contributed by atoms with Crippen LogP contribution in [-0.4, -0.2) is 239 Å². The fraction of sp³-hybridized carbons (Fsp3) is 0.681. The molecule has 5 unspecified atom stereocenters. The Kier molecular flexibility index (Phi) is 30.5. The molecule has 0 aliphatic heterocycles. The van der Waals surface area contributed by atoms with Gasteiger partial charge in [-0.15, -0.1) is 5.10 Å². The zero-order chi connectivity index (χ0) is 68.5. The molecule has 0 fully saturated rings. The number of carbonyl (C=O) groups excluding carboxylic acids is 6. The van der Waals surface area contributed by atoms with Crippen LogP contribution in [0.5, 0.6) is 0 Å². The van der Waals surface area contributed by atoms with Gasteiger partial charge in [0.25, 0.3) is 0 Å². The van der Waals surface area contributed by atoms with Crippen LogP contribution in [0, 0.1) is 22.7 Å². The summed E-state index contributed by atoms with van der Waals surface area (Å²) in [4.78, 5) is 101. The molecule has 23 heteroatoms. The van der Waals surface area contributed by atoms with E-state index in [1.54, 1.807) is 13.8 Å². The van der Waals surface area contributed by atoms with Crippen molar-refractivity contribution < 1.29 is 90.2 Å². The molecule has 1 aliphatic carbocycles. The van der Waals surface area contributed by atoms with Crippen LogP contribution in [-0.2, 0) is 75.0 Å². The zero-order valence-electron chi connectivity index (χ0n) is 58.0. The molecule has 1 heterocycles. The van der Waals surface area contributed by atoms with E-state index in [2.05, 4.69) is 28.7 Å². The molecular formula is C69H112N8O15+4. The molecule has 1 aliphatic rings. The quantitative estimate of drug-likeness (QED) is 0.0213. The number of ketones is 1. The van der Waals surface area contributed by atoms with Crippen molar-refractivity contribution in [2.45, 2.75) is 138 Å². The number of hydrogen-bond acceptors (Lipinski definition) is 15. The van der Waals surface area contributed by atoms with E-state index < -0.39 is 34.6 Å². The number of benzene rings is 2. The first-order valence-electron chi connectivity index (χ1n) is 33.1. The maximum Gasteiger partial charge on any atom is 0.311 e. The number of aromatic nitrogens is 3. The number of carbonyl (C=O) groups is 8. The van der Waals surface area contributed by atoms with E-state index in [1.165, 1.54) is 0 Å². The molecule has 0 spiro atoms. The van der Waals surface area contributed by atoms with Gasteiger partial charge in [-0.2, -0.15) is 0 Å². The monoisotopic (exact) mass is 1290 g/mol. The van der Waals surface area contributed by atoms with Gasteiger partial charge in [0.15, 0.2) is 0 Å². The number of quaternary nitrogens is 4. The van der Waals surface area contributed by atoms with Gasteiger partial charge < -0.3 is 57.1 Å². The van der Waals surface area contributed by atoms with E-state index in [1.807, 2.05) is 119 Å². The molecule has 0 radical (unpaired) electrons. The number of amides is 1. The summed E-state index contributed by atoms with van der Waals surface area (Å²) in [6, 6.07) is 16.2. The number of fused-ring (bicyclic) bond motifs is 5. The minimum atomic E-state index is -0.867. The fourth-order valence-corrected chi connectivity index (χ4v) is 10.7. The summed E-state index contributed by atoms with van der Waals surface area (Å²) in [7, 11) is 15.6. The van der Waals surface area contributed by atoms with Crippen LogP contribution < -0.4 is 5.32 Å². The van der Waals surface area contributed by atoms with Crippen LogP contribution in [0.1, 0.15) is 136 Å². The van der Waals surface area contributed by atoms with Crippen LogP contribution in [0.4, 0.5) is 0 Å². The number of likely N-dealkylation sites (N-methyl/N-ethyl adjacent to an activating group) is 4. The van der Waals surface area contributed by atoms with Crippen LogP contribution in [0.25, 0.3) is 22.5 Å². The number of hydrogen-bond donors (Lipinski definition) is 3. The lowest BCUT2D eigenvalue weighted by atomic mass is 9.81. The Labute approximate surface area is 546 Å². The summed E-state index contributed by atoms with van der Waals surface area (Å²) in [6.45, 7) is 16.9. The van der Waals surface area contributed by atoms with Gasteiger partial charge in [-0.1, -0.05) is 81.4 Å². The SMILES string of the molecule is CCC(C)(CCC(C)C(=O)OCC[N+](C)(C)CCC(=O)CCCOC1Cc2ccccc2-c2c(nnn2CCNC(=O)CC[N+](C)(C)CCOC(=O)C(C)CCC(C)(CC)C(=O)OCC[N+](C)(C)CCC(=O)O)-c2ccccc21)C(=O)OCC[N+](C)(C)CCC(=O)O. The lowest BCUT2D eigenvalue weighted by Crippen LogP contribution is -2.45. The average molecular weight is 1290 g/mol. The number of ether oxygens (including phenoxy) is 5. The number of esters is 4. The minimum absolute atomic E-state index is 0.0313. The summed E-state index contributed by atoms with van der Waals surface area (Å²) in [5, 5.41) is 30.5. The molecule has 1 amide bonds. The fourth-order valence-electron chi connectivity index (χ4n) is 10.7. The highest BCUT2D eigenvalue weighted by atomic mass is 16.5. The highest BCUT2D eigenvalue weighted by Crippen LogP contribution is 2.42. The lowest BCUT2D eigenvalue weighted by molar-refractivity contribution is -0.889. The number of nitrogens with one attached hydrogen (secondary N) is 1. The molecule has 3 aromatic rings. The van der Waals surface area contributed by atoms with Gasteiger partial charge in [-0.25, -0.2) is 4.68 Å². The Morgan fingerprint density at radius 1 is 0.587 bits per heavy atom. The second-order valence-corrected chi connectivity index (χ2v) is 28.4. The van der Waals surface area contributed by atoms with E-state index in [-0.39, 0.29) is 87.4 Å². The van der Waals surface area contributed by atoms with Crippen molar-refractivity contribution in [1.82, 2.24) is 20.3 Å². The van der Waals surface area contributed by atoms with E-state index in [0.717, 1.165) is 27.9 Å². The van der Waals surface area contributed by atoms with Gasteiger partial charge in [0.1, 0.15) is 64.1 Å². The Bertz CT molecular complexity index is 2920. The number of aliphatic carboxylic acids is 2. The predicted octanol–water partition coefficient (Wildman–Crippen LogP) is 7.56. The van der Waals surface area contributed by atoms with Crippen molar-refractivity contribution in [3.63, 3.8) is 0 Å². The van der Waals surface area contributed by atoms with Crippen LogP contribution >= 0.6 is 0 Å². The lowest BCUT2D eigenvalue weighted by Gasteiger charge is -2.31. The Hall–Kier alpha value is -6.66. The molecule has 514 valence electrons. The summed E-state index contributed by atoms with van der Waals surface area (Å²) in [6.07, 6.45) is 4.74. The first-order valence-corrected chi connectivity index (χ1v) is 33.1. The Balaban J connectivity index is 1.19. The van der Waals surface area contributed by atoms with E-state index in [0.29, 0.717) is 160 Å². The van der Waals surface area contributed by atoms with Crippen LogP contribution in [0.2, 0.25) is 0 Å². The van der Waals surface area contributed by atoms with Gasteiger partial charge in [0.2, 0.25) is 5.91 Å². The Morgan fingerprint density at radius 3 is 1.52 bits per heavy atom. The van der Waals surface area contributed by atoms with Crippen molar-refractivity contribution in [1.29, 1.82) is 0 Å². The topological polar surface area (TPSA) is 266 Å². The maximum atomic E-state index is 13.3. The highest BCUT2D eigenvalue weighted by Gasteiger charge is 2.37. The summed E-state index contributed by atoms with van der Waals surface area (Å²) in [5.41, 5.74) is 3.90. The van der Waals surface area contributed by atoms with Crippen molar-refractivity contribution >= 4 is 47.5 Å². The second kappa shape index (κ2) is 36.1. The minimum Gasteiger partial charge on any atom is -0.481 e. The molecule has 92 heavy (non-hydrogen) atoms. The van der Waals surface area contributed by atoms with Gasteiger partial charge in [-0.05, 0) is 69.9 Å². The van der Waals surface area contributed by atoms with Gasteiger partial charge >= 0.3 is 35.8 Å². The number of carboxylic acid groups (broad SMARTS) is 2. The largest absolute Gasteiger partial charge is 0.481 e. The number of nitrogens with zero attached hydrogens (tertiary/aromatic N) is 7. The van der Waals surface area contributed by atoms with Crippen molar-refractivity contribution in [3.8, 4) is 22.5 Å². The molecule has 3 N–H and O–H groups in total. The molecule has 0 saturated heterocycles. The zero-order valence-corrected chi connectivity index (χ0v) is 58.0. The number of Topliss-reactive ketones (excluding diaryl/α,β-unsaturated/α-hetero) is 1. The summed E-state index contributed by atoms with van der Waals surface area (Å²) in [5.74, 6) is -3.90. The highest BCUT2D eigenvalue weighted by molar-refractivity contribution is 5.83. The van der Waals surface area contributed by atoms with Crippen LogP contribution in [0.3, 0.4) is 0 Å². The number of carboxylic acids is 2. The molecule has 0 bridgehead atoms. The first kappa shape index (κ1) is 77.8. The van der Waals surface area contributed by atoms with Gasteiger partial charge in [0, 0.05) is 37.1 Å². The molecule has 2 aromatic carbocycles. The molecule has 23 nitrogen and oxygen atoms in total. The summed E-state index contributed by atoms with van der Waals surface area (Å²) < 4.78 is 32.9. The van der Waals surface area contributed by atoms with Gasteiger partial charge in [0.05, 0.1) is 149 Å². The van der Waals surface area contributed by atoms with E-state index in [4.69, 9.17) is 39.0 Å². The van der Waals surface area contributed by atoms with Crippen LogP contribution in [0.15, 0.2) is 48.5 Å². The Morgan fingerprint density at radius 2 is 1.03 bits per heavy atom. The second-order valence-electron chi connectivity index (χ2n) is 28.4. The van der Waals surface area contributed by atoms with Gasteiger partial charge in [-0.3, -0.25) is 38.4 Å². The molecule has 4 rings (SSSR count). The first-order chi connectivity index (χ1) is 43.1. The molecule has 0 saturated carbocycles. The predicted molar refractivity (Wildman–Crippen MR) is 349 cm³/mol. The maximum absolute atomic E-state index is 13.3. The molecule has 1 aromatic heterocycles. The number of rotatable bonds is 44. The van der Waals surface area contributed by atoms with E-state index in [9.17, 15) is 38.4 Å². The standard InChI is InChI=1S/C69H109N8O15/c1-15-68(5,66(86)91-48-43-76(11,12)39-31-60(80)81)33-27-51(3)64(84)89-46-41-74(7,8)37-29-54(78)23-21-45-88-58-50-53-22-17-18-24-55(53)63-62(57-26-20-19-25-56(57)58)71-72-73(63)36-35-70-59(79)30-38-75(9,10)42-47-90-65(85)52(4)28-34-69(6,16-2)67(87)92-49-44-77(13,14)40-32-61(82)83/h17-20,22,24-26,51-52,58H,15-16,21,23,27-50H2,1-14H3/q+1/p+3. The van der Waals surface area contributed by atoms with Crippen molar-refractivity contribution in [2.75, 3.05) is 148 Å². The normalized spacial score (nSPS) is 15.3. The third-order valence-corrected chi connectivity index (χ3v) is 18.7. The van der Waals surface area contributed by atoms with Crippen molar-refractivity contribution in [2.24, 2.45) is 22.7 Å².